The van der Waals surface area contributed by atoms with Crippen molar-refractivity contribution < 1.29 is 18.8 Å². The number of nitrogens with zero attached hydrogens (tertiary/aromatic N) is 1. The maximum atomic E-state index is 14.7. The summed E-state index contributed by atoms with van der Waals surface area (Å²) in [5.41, 5.74) is 0.388. The van der Waals surface area contributed by atoms with Crippen LogP contribution in [0.1, 0.15) is 48.5 Å². The van der Waals surface area contributed by atoms with Gasteiger partial charge in [0.15, 0.2) is 19.2 Å². The first-order chi connectivity index (χ1) is 12.4. The smallest absolute Gasteiger partial charge is 0.167 e. The highest BCUT2D eigenvalue weighted by molar-refractivity contribution is 7.74. The molecular formula is C21H32NO4P. The fourth-order valence-corrected chi connectivity index (χ4v) is 7.80. The van der Waals surface area contributed by atoms with E-state index in [0.717, 1.165) is 11.0 Å². The van der Waals surface area contributed by atoms with Crippen molar-refractivity contribution in [2.75, 3.05) is 13.7 Å². The average molecular weight is 393 g/mol. The SMILES string of the molecule is COc1cccc2c1[P@](=O)(C(C)(C)C)C(C(C)(C)C1=N[C@H](C(C)C)OC1)O2. The van der Waals surface area contributed by atoms with Gasteiger partial charge >= 0.3 is 0 Å². The van der Waals surface area contributed by atoms with Gasteiger partial charge in [0.05, 0.1) is 24.7 Å². The van der Waals surface area contributed by atoms with Gasteiger partial charge in [-0.05, 0) is 18.1 Å². The van der Waals surface area contributed by atoms with Crippen LogP contribution in [0.5, 0.6) is 11.5 Å². The van der Waals surface area contributed by atoms with Crippen LogP contribution in [0, 0.1) is 11.3 Å². The van der Waals surface area contributed by atoms with Crippen molar-refractivity contribution >= 4 is 18.2 Å². The number of rotatable bonds is 4. The third-order valence-electron chi connectivity index (χ3n) is 5.68. The maximum Gasteiger partial charge on any atom is 0.167 e. The molecule has 2 heterocycles. The fourth-order valence-electron chi connectivity index (χ4n) is 3.92. The van der Waals surface area contributed by atoms with Crippen LogP contribution >= 0.6 is 7.14 Å². The van der Waals surface area contributed by atoms with Gasteiger partial charge in [-0.3, -0.25) is 4.99 Å². The Morgan fingerprint density at radius 1 is 1.22 bits per heavy atom. The molecule has 0 aromatic heterocycles. The summed E-state index contributed by atoms with van der Waals surface area (Å²) in [7, 11) is -1.39. The Labute approximate surface area is 162 Å². The van der Waals surface area contributed by atoms with E-state index in [9.17, 15) is 4.57 Å². The van der Waals surface area contributed by atoms with E-state index in [0.29, 0.717) is 24.0 Å². The van der Waals surface area contributed by atoms with E-state index in [1.54, 1.807) is 7.11 Å². The van der Waals surface area contributed by atoms with E-state index in [1.165, 1.54) is 0 Å². The van der Waals surface area contributed by atoms with Crippen LogP contribution in [0.4, 0.5) is 0 Å². The molecule has 1 aromatic rings. The van der Waals surface area contributed by atoms with Crippen molar-refractivity contribution in [1.82, 2.24) is 0 Å². The molecule has 0 saturated heterocycles. The number of hydrogen-bond acceptors (Lipinski definition) is 5. The van der Waals surface area contributed by atoms with Gasteiger partial charge in [-0.25, -0.2) is 0 Å². The van der Waals surface area contributed by atoms with Gasteiger partial charge in [0.1, 0.15) is 11.5 Å². The lowest BCUT2D eigenvalue weighted by atomic mass is 9.88. The molecule has 3 atom stereocenters. The summed E-state index contributed by atoms with van der Waals surface area (Å²) in [6.45, 7) is 14.8. The van der Waals surface area contributed by atoms with Gasteiger partial charge in [-0.2, -0.15) is 0 Å². The standard InChI is InChI=1S/C21H32NO4P/c1-13(2)18-22-16(12-25-18)21(6,7)19-26-15-11-9-10-14(24-8)17(15)27(19,23)20(3,4)5/h9-11,13,18-19H,12H2,1-8H3/t18-,19?,27+/m0/s1. The van der Waals surface area contributed by atoms with Crippen LogP contribution in [-0.4, -0.2) is 36.7 Å². The van der Waals surface area contributed by atoms with Gasteiger partial charge in [-0.1, -0.05) is 54.5 Å². The van der Waals surface area contributed by atoms with Crippen molar-refractivity contribution in [3.8, 4) is 11.5 Å². The molecule has 0 N–H and O–H groups in total. The molecule has 2 aliphatic heterocycles. The molecule has 2 aliphatic rings. The summed E-state index contributed by atoms with van der Waals surface area (Å²) < 4.78 is 32.5. The number of aliphatic imine (C=N–C) groups is 1. The zero-order valence-corrected chi connectivity index (χ0v) is 18.6. The molecule has 0 radical (unpaired) electrons. The van der Waals surface area contributed by atoms with Crippen LogP contribution in [0.15, 0.2) is 23.2 Å². The van der Waals surface area contributed by atoms with Crippen molar-refractivity contribution in [2.24, 2.45) is 16.3 Å². The highest BCUT2D eigenvalue weighted by atomic mass is 31.2. The molecule has 0 bridgehead atoms. The summed E-state index contributed by atoms with van der Waals surface area (Å²) in [5.74, 6) is 1.08. The first-order valence-electron chi connectivity index (χ1n) is 9.57. The first kappa shape index (κ1) is 20.4. The molecule has 0 aliphatic carbocycles. The number of benzene rings is 1. The van der Waals surface area contributed by atoms with Gasteiger partial charge in [0, 0.05) is 10.6 Å². The highest BCUT2D eigenvalue weighted by Crippen LogP contribution is 2.70. The minimum atomic E-state index is -3.01. The Kier molecular flexibility index (Phi) is 5.01. The van der Waals surface area contributed by atoms with Crippen LogP contribution < -0.4 is 14.8 Å². The van der Waals surface area contributed by atoms with E-state index in [2.05, 4.69) is 27.7 Å². The molecule has 5 nitrogen and oxygen atoms in total. The lowest BCUT2D eigenvalue weighted by Crippen LogP contribution is -2.43. The lowest BCUT2D eigenvalue weighted by Gasteiger charge is -2.40. The second-order valence-corrected chi connectivity index (χ2v) is 12.9. The number of hydrogen-bond donors (Lipinski definition) is 0. The minimum absolute atomic E-state index is 0.147. The van der Waals surface area contributed by atoms with Crippen molar-refractivity contribution in [1.29, 1.82) is 0 Å². The van der Waals surface area contributed by atoms with Crippen molar-refractivity contribution in [2.45, 2.75) is 65.7 Å². The summed E-state index contributed by atoms with van der Waals surface area (Å²) >= 11 is 0. The Bertz CT molecular complexity index is 807. The molecule has 0 saturated carbocycles. The molecule has 27 heavy (non-hydrogen) atoms. The lowest BCUT2D eigenvalue weighted by molar-refractivity contribution is 0.0714. The third kappa shape index (κ3) is 3.03. The van der Waals surface area contributed by atoms with Gasteiger partial charge in [0.2, 0.25) is 0 Å². The second-order valence-electron chi connectivity index (χ2n) is 9.35. The van der Waals surface area contributed by atoms with Gasteiger partial charge < -0.3 is 18.8 Å². The predicted molar refractivity (Wildman–Crippen MR) is 110 cm³/mol. The molecule has 0 amide bonds. The zero-order chi connectivity index (χ0) is 20.2. The molecule has 1 aromatic carbocycles. The van der Waals surface area contributed by atoms with Crippen LogP contribution in [0.2, 0.25) is 0 Å². The van der Waals surface area contributed by atoms with Crippen molar-refractivity contribution in [3.05, 3.63) is 18.2 Å². The predicted octanol–water partition coefficient (Wildman–Crippen LogP) is 4.68. The van der Waals surface area contributed by atoms with Crippen molar-refractivity contribution in [3.63, 3.8) is 0 Å². The quantitative estimate of drug-likeness (QED) is 0.697. The fraction of sp³-hybridized carbons (Fsp3) is 0.667. The first-order valence-corrected chi connectivity index (χ1v) is 11.3. The maximum absolute atomic E-state index is 14.7. The molecule has 0 spiro atoms. The third-order valence-corrected chi connectivity index (χ3v) is 10.2. The summed E-state index contributed by atoms with van der Waals surface area (Å²) in [4.78, 5) is 4.82. The normalized spacial score (nSPS) is 28.1. The van der Waals surface area contributed by atoms with Crippen LogP contribution in [0.25, 0.3) is 0 Å². The van der Waals surface area contributed by atoms with Crippen LogP contribution in [-0.2, 0) is 9.30 Å². The largest absolute Gasteiger partial charge is 0.496 e. The van der Waals surface area contributed by atoms with E-state index >= 15 is 0 Å². The molecule has 6 heteroatoms. The van der Waals surface area contributed by atoms with Gasteiger partial charge in [0.25, 0.3) is 0 Å². The van der Waals surface area contributed by atoms with Gasteiger partial charge in [-0.15, -0.1) is 0 Å². The number of fused-ring (bicyclic) bond motifs is 1. The Balaban J connectivity index is 2.14. The molecule has 3 rings (SSSR count). The Morgan fingerprint density at radius 3 is 2.41 bits per heavy atom. The number of methoxy groups -OCH3 is 1. The topological polar surface area (TPSA) is 57.1 Å². The molecule has 0 fully saturated rings. The summed E-state index contributed by atoms with van der Waals surface area (Å²) in [6, 6.07) is 5.63. The van der Waals surface area contributed by atoms with E-state index in [-0.39, 0.29) is 6.23 Å². The molecule has 150 valence electrons. The van der Waals surface area contributed by atoms with Crippen LogP contribution in [0.3, 0.4) is 0 Å². The summed E-state index contributed by atoms with van der Waals surface area (Å²) in [5, 5.41) is 0.241. The minimum Gasteiger partial charge on any atom is -0.496 e. The zero-order valence-electron chi connectivity index (χ0n) is 17.7. The number of ether oxygens (including phenoxy) is 3. The van der Waals surface area contributed by atoms with E-state index in [1.807, 2.05) is 39.0 Å². The summed E-state index contributed by atoms with van der Waals surface area (Å²) in [6.07, 6.45) is -0.147. The average Bonchev–Trinajstić information content (AvgIpc) is 3.19. The highest BCUT2D eigenvalue weighted by Gasteiger charge is 2.60. The molecule has 1 unspecified atom stereocenters. The van der Waals surface area contributed by atoms with E-state index in [4.69, 9.17) is 19.2 Å². The Hall–Kier alpha value is -1.32. The monoisotopic (exact) mass is 393 g/mol. The Morgan fingerprint density at radius 2 is 1.89 bits per heavy atom. The van der Waals surface area contributed by atoms with E-state index < -0.39 is 23.6 Å². The molecular weight excluding hydrogens is 361 g/mol. The second kappa shape index (κ2) is 6.63.